The van der Waals surface area contributed by atoms with E-state index in [1.807, 2.05) is 0 Å². The first-order valence-corrected chi connectivity index (χ1v) is 4.15. The molecule has 0 aliphatic rings. The van der Waals surface area contributed by atoms with Crippen molar-refractivity contribution in [2.75, 3.05) is 7.11 Å². The lowest BCUT2D eigenvalue weighted by Gasteiger charge is -1.96. The molecule has 0 fully saturated rings. The van der Waals surface area contributed by atoms with Crippen LogP contribution in [0, 0.1) is 0 Å². The van der Waals surface area contributed by atoms with Gasteiger partial charge in [0.2, 0.25) is 4.38 Å². The topological polar surface area (TPSA) is 63.7 Å². The first kappa shape index (κ1) is 8.41. The van der Waals surface area contributed by atoms with Gasteiger partial charge < -0.3 is 4.74 Å². The smallest absolute Gasteiger partial charge is 0.220 e. The van der Waals surface area contributed by atoms with Gasteiger partial charge in [0.15, 0.2) is 5.82 Å². The first-order valence-electron chi connectivity index (χ1n) is 2.76. The van der Waals surface area contributed by atoms with Gasteiger partial charge in [-0.15, -0.1) is 10.2 Å². The number of tetrazole rings is 1. The first-order chi connectivity index (χ1) is 5.33. The highest BCUT2D eigenvalue weighted by Crippen LogP contribution is 2.09. The lowest BCUT2D eigenvalue weighted by molar-refractivity contribution is 0.426. The number of thioether (sulfide) groups is 1. The van der Waals surface area contributed by atoms with Gasteiger partial charge >= 0.3 is 0 Å². The zero-order chi connectivity index (χ0) is 8.10. The molecule has 0 aromatic carbocycles. The Bertz CT molecular complexity index is 224. The van der Waals surface area contributed by atoms with Gasteiger partial charge in [0, 0.05) is 0 Å². The fourth-order valence-corrected chi connectivity index (χ4v) is 1.09. The number of thiocarbonyl (C=S) groups is 1. The molecule has 0 atom stereocenters. The molecule has 0 unspecified atom stereocenters. The van der Waals surface area contributed by atoms with Crippen molar-refractivity contribution in [1.82, 2.24) is 20.6 Å². The van der Waals surface area contributed by atoms with Crippen molar-refractivity contribution in [2.45, 2.75) is 5.75 Å². The van der Waals surface area contributed by atoms with Crippen molar-refractivity contribution in [2.24, 2.45) is 0 Å². The number of ether oxygens (including phenoxy) is 1. The Hall–Kier alpha value is -0.690. The maximum Gasteiger partial charge on any atom is 0.220 e. The van der Waals surface area contributed by atoms with E-state index < -0.39 is 0 Å². The summed E-state index contributed by atoms with van der Waals surface area (Å²) in [5.41, 5.74) is 0. The molecule has 0 saturated heterocycles. The van der Waals surface area contributed by atoms with Gasteiger partial charge in [-0.3, -0.25) is 0 Å². The molecular weight excluding hydrogens is 184 g/mol. The van der Waals surface area contributed by atoms with Crippen LogP contribution in [0.1, 0.15) is 5.82 Å². The Morgan fingerprint density at radius 1 is 1.82 bits per heavy atom. The second kappa shape index (κ2) is 4.24. The summed E-state index contributed by atoms with van der Waals surface area (Å²) in [6.07, 6.45) is 0. The summed E-state index contributed by atoms with van der Waals surface area (Å²) >= 11 is 6.14. The normalized spacial score (nSPS) is 9.55. The Balaban J connectivity index is 2.29. The standard InChI is InChI=1S/C4H6N4OS2/c1-9-4(10)11-2-3-5-7-8-6-3/h2H2,1H3,(H,5,6,7,8). The fourth-order valence-electron chi connectivity index (χ4n) is 0.426. The molecule has 1 rings (SSSR count). The minimum Gasteiger partial charge on any atom is -0.482 e. The van der Waals surface area contributed by atoms with Crippen LogP contribution >= 0.6 is 24.0 Å². The number of nitrogens with zero attached hydrogens (tertiary/aromatic N) is 3. The van der Waals surface area contributed by atoms with E-state index in [2.05, 4.69) is 20.6 Å². The van der Waals surface area contributed by atoms with Gasteiger partial charge in [0.05, 0.1) is 12.9 Å². The van der Waals surface area contributed by atoms with E-state index in [9.17, 15) is 0 Å². The fraction of sp³-hybridized carbons (Fsp3) is 0.500. The van der Waals surface area contributed by atoms with E-state index in [0.29, 0.717) is 16.0 Å². The number of hydrogen-bond acceptors (Lipinski definition) is 6. The summed E-state index contributed by atoms with van der Waals surface area (Å²) in [7, 11) is 1.53. The third-order valence-electron chi connectivity index (χ3n) is 0.875. The molecule has 0 bridgehead atoms. The van der Waals surface area contributed by atoms with Crippen LogP contribution in [0.4, 0.5) is 0 Å². The molecule has 60 valence electrons. The number of methoxy groups -OCH3 is 1. The van der Waals surface area contributed by atoms with E-state index in [0.717, 1.165) is 0 Å². The monoisotopic (exact) mass is 190 g/mol. The van der Waals surface area contributed by atoms with Crippen LogP contribution in [-0.2, 0) is 10.5 Å². The third-order valence-corrected chi connectivity index (χ3v) is 2.20. The van der Waals surface area contributed by atoms with Crippen LogP contribution in [0.5, 0.6) is 0 Å². The van der Waals surface area contributed by atoms with Crippen molar-refractivity contribution < 1.29 is 4.74 Å². The van der Waals surface area contributed by atoms with Crippen LogP contribution in [0.3, 0.4) is 0 Å². The predicted molar refractivity (Wildman–Crippen MR) is 45.1 cm³/mol. The molecule has 1 aromatic rings. The lowest BCUT2D eigenvalue weighted by Crippen LogP contribution is -1.92. The second-order valence-corrected chi connectivity index (χ2v) is 3.15. The summed E-state index contributed by atoms with van der Waals surface area (Å²) in [5, 5.41) is 13.2. The van der Waals surface area contributed by atoms with Crippen molar-refractivity contribution in [3.63, 3.8) is 0 Å². The Morgan fingerprint density at radius 2 is 2.64 bits per heavy atom. The molecule has 0 amide bonds. The van der Waals surface area contributed by atoms with Gasteiger partial charge in [-0.2, -0.15) is 5.21 Å². The minimum absolute atomic E-state index is 0.481. The molecular formula is C4H6N4OS2. The zero-order valence-corrected chi connectivity index (χ0v) is 7.41. The molecule has 1 N–H and O–H groups in total. The molecule has 0 saturated carbocycles. The van der Waals surface area contributed by atoms with Gasteiger partial charge in [-0.1, -0.05) is 17.0 Å². The van der Waals surface area contributed by atoms with Crippen molar-refractivity contribution in [1.29, 1.82) is 0 Å². The van der Waals surface area contributed by atoms with Gasteiger partial charge in [-0.05, 0) is 12.2 Å². The number of hydrogen-bond donors (Lipinski definition) is 1. The third kappa shape index (κ3) is 2.81. The predicted octanol–water partition coefficient (Wildman–Crippen LogP) is 0.364. The summed E-state index contributed by atoms with van der Waals surface area (Å²) < 4.78 is 5.24. The largest absolute Gasteiger partial charge is 0.482 e. The highest BCUT2D eigenvalue weighted by molar-refractivity contribution is 8.22. The number of H-pyrrole nitrogens is 1. The van der Waals surface area contributed by atoms with E-state index in [4.69, 9.17) is 17.0 Å². The molecule has 1 aromatic heterocycles. The molecule has 0 aliphatic heterocycles. The molecule has 11 heavy (non-hydrogen) atoms. The van der Waals surface area contributed by atoms with E-state index >= 15 is 0 Å². The second-order valence-electron chi connectivity index (χ2n) is 1.57. The SMILES string of the molecule is COC(=S)SCc1nn[nH]n1. The van der Waals surface area contributed by atoms with E-state index in [-0.39, 0.29) is 0 Å². The Kier molecular flexibility index (Phi) is 3.24. The number of aromatic amines is 1. The molecule has 0 aliphatic carbocycles. The zero-order valence-electron chi connectivity index (χ0n) is 5.77. The average Bonchev–Trinajstić information content (AvgIpc) is 2.52. The minimum atomic E-state index is 0.481. The maximum absolute atomic E-state index is 4.78. The van der Waals surface area contributed by atoms with Crippen LogP contribution in [0.25, 0.3) is 0 Å². The van der Waals surface area contributed by atoms with E-state index in [1.165, 1.54) is 18.9 Å². The van der Waals surface area contributed by atoms with Crippen molar-refractivity contribution in [3.05, 3.63) is 5.82 Å². The summed E-state index contributed by atoms with van der Waals surface area (Å²) in [5.74, 6) is 1.21. The Morgan fingerprint density at radius 3 is 3.18 bits per heavy atom. The highest BCUT2D eigenvalue weighted by atomic mass is 32.2. The quantitative estimate of drug-likeness (QED) is 0.679. The van der Waals surface area contributed by atoms with Gasteiger partial charge in [-0.25, -0.2) is 0 Å². The lowest BCUT2D eigenvalue weighted by atomic mass is 10.8. The average molecular weight is 190 g/mol. The van der Waals surface area contributed by atoms with Gasteiger partial charge in [0.1, 0.15) is 0 Å². The summed E-state index contributed by atoms with van der Waals surface area (Å²) in [4.78, 5) is 0. The summed E-state index contributed by atoms with van der Waals surface area (Å²) in [6, 6.07) is 0. The molecule has 5 nitrogen and oxygen atoms in total. The van der Waals surface area contributed by atoms with Gasteiger partial charge in [0.25, 0.3) is 0 Å². The van der Waals surface area contributed by atoms with Crippen molar-refractivity contribution >= 4 is 28.4 Å². The molecule has 7 heteroatoms. The highest BCUT2D eigenvalue weighted by Gasteiger charge is 2.00. The summed E-state index contributed by atoms with van der Waals surface area (Å²) in [6.45, 7) is 0. The molecule has 1 heterocycles. The molecule has 0 spiro atoms. The van der Waals surface area contributed by atoms with Crippen LogP contribution < -0.4 is 0 Å². The molecule has 0 radical (unpaired) electrons. The van der Waals surface area contributed by atoms with Crippen LogP contribution in [-0.4, -0.2) is 32.1 Å². The van der Waals surface area contributed by atoms with Crippen molar-refractivity contribution in [3.8, 4) is 0 Å². The Labute approximate surface area is 72.9 Å². The van der Waals surface area contributed by atoms with E-state index in [1.54, 1.807) is 0 Å². The number of nitrogens with one attached hydrogen (secondary N) is 1. The van der Waals surface area contributed by atoms with Crippen LogP contribution in [0.15, 0.2) is 0 Å². The number of rotatable bonds is 2. The van der Waals surface area contributed by atoms with Crippen LogP contribution in [0.2, 0.25) is 0 Å². The maximum atomic E-state index is 4.78. The number of aromatic nitrogens is 4.